The molecule has 0 aromatic carbocycles. The summed E-state index contributed by atoms with van der Waals surface area (Å²) in [6, 6.07) is 0. The minimum absolute atomic E-state index is 0.342. The molecule has 0 aromatic heterocycles. The molecule has 4 heteroatoms. The molecule has 1 saturated heterocycles. The van der Waals surface area contributed by atoms with Gasteiger partial charge >= 0.3 is 0 Å². The molecule has 88 valence electrons. The predicted molar refractivity (Wildman–Crippen MR) is 62.0 cm³/mol. The summed E-state index contributed by atoms with van der Waals surface area (Å²) in [6.45, 7) is 8.08. The third-order valence-corrected chi connectivity index (χ3v) is 3.29. The highest BCUT2D eigenvalue weighted by molar-refractivity contribution is 5.79. The summed E-state index contributed by atoms with van der Waals surface area (Å²) in [5.41, 5.74) is 5.41. The van der Waals surface area contributed by atoms with Gasteiger partial charge in [-0.2, -0.15) is 0 Å². The number of nitrogens with zero attached hydrogens (tertiary/aromatic N) is 2. The predicted octanol–water partition coefficient (Wildman–Crippen LogP) is 1.49. The molecule has 1 unspecified atom stereocenters. The van der Waals surface area contributed by atoms with Gasteiger partial charge in [0.05, 0.1) is 0 Å². The largest absolute Gasteiger partial charge is 0.409 e. The summed E-state index contributed by atoms with van der Waals surface area (Å²) >= 11 is 0. The van der Waals surface area contributed by atoms with Crippen LogP contribution in [0.4, 0.5) is 0 Å². The van der Waals surface area contributed by atoms with E-state index in [-0.39, 0.29) is 0 Å². The standard InChI is InChI=1S/C11H23N3O/c1-9(2)10-5-7-14(8-10)6-3-4-11(12)13-15/h9-10,15H,3-8H2,1-2H3,(H2,12,13). The van der Waals surface area contributed by atoms with Gasteiger partial charge in [-0.15, -0.1) is 0 Å². The van der Waals surface area contributed by atoms with Crippen LogP contribution in [0.25, 0.3) is 0 Å². The fraction of sp³-hybridized carbons (Fsp3) is 0.909. The van der Waals surface area contributed by atoms with Crippen LogP contribution < -0.4 is 5.73 Å². The lowest BCUT2D eigenvalue weighted by Gasteiger charge is -2.17. The van der Waals surface area contributed by atoms with E-state index in [2.05, 4.69) is 23.9 Å². The highest BCUT2D eigenvalue weighted by Crippen LogP contribution is 2.23. The van der Waals surface area contributed by atoms with Crippen molar-refractivity contribution in [1.29, 1.82) is 0 Å². The first-order chi connectivity index (χ1) is 7.13. The zero-order chi connectivity index (χ0) is 11.3. The van der Waals surface area contributed by atoms with Crippen molar-refractivity contribution >= 4 is 5.84 Å². The molecule has 0 spiro atoms. The smallest absolute Gasteiger partial charge is 0.139 e. The lowest BCUT2D eigenvalue weighted by molar-refractivity contribution is 0.298. The van der Waals surface area contributed by atoms with E-state index < -0.39 is 0 Å². The molecule has 1 aliphatic rings. The van der Waals surface area contributed by atoms with Crippen molar-refractivity contribution in [2.75, 3.05) is 19.6 Å². The first-order valence-corrected chi connectivity index (χ1v) is 5.82. The summed E-state index contributed by atoms with van der Waals surface area (Å²) < 4.78 is 0. The summed E-state index contributed by atoms with van der Waals surface area (Å²) in [4.78, 5) is 2.48. The monoisotopic (exact) mass is 213 g/mol. The molecule has 4 nitrogen and oxygen atoms in total. The van der Waals surface area contributed by atoms with Crippen LogP contribution in [0, 0.1) is 11.8 Å². The number of hydrogen-bond donors (Lipinski definition) is 2. The molecule has 1 fully saturated rings. The Morgan fingerprint density at radius 3 is 2.87 bits per heavy atom. The first kappa shape index (κ1) is 12.3. The van der Waals surface area contributed by atoms with Gasteiger partial charge in [0, 0.05) is 13.0 Å². The Hall–Kier alpha value is -0.770. The van der Waals surface area contributed by atoms with Crippen LogP contribution in [-0.4, -0.2) is 35.6 Å². The average molecular weight is 213 g/mol. The second kappa shape index (κ2) is 5.95. The van der Waals surface area contributed by atoms with Crippen LogP contribution in [0.5, 0.6) is 0 Å². The third-order valence-electron chi connectivity index (χ3n) is 3.29. The molecule has 0 aliphatic carbocycles. The van der Waals surface area contributed by atoms with E-state index in [1.807, 2.05) is 0 Å². The Bertz CT molecular complexity index is 216. The van der Waals surface area contributed by atoms with Crippen LogP contribution in [0.3, 0.4) is 0 Å². The lowest BCUT2D eigenvalue weighted by Crippen LogP contribution is -2.24. The first-order valence-electron chi connectivity index (χ1n) is 5.82. The normalized spacial score (nSPS) is 23.9. The Morgan fingerprint density at radius 2 is 2.33 bits per heavy atom. The van der Waals surface area contributed by atoms with E-state index in [1.165, 1.54) is 19.5 Å². The number of hydrogen-bond acceptors (Lipinski definition) is 3. The van der Waals surface area contributed by atoms with E-state index in [4.69, 9.17) is 10.9 Å². The SMILES string of the molecule is CC(C)C1CCN(CCCC(N)=NO)C1. The molecule has 0 bridgehead atoms. The highest BCUT2D eigenvalue weighted by Gasteiger charge is 2.23. The number of oxime groups is 1. The van der Waals surface area contributed by atoms with Gasteiger partial charge < -0.3 is 15.8 Å². The Labute approximate surface area is 92.1 Å². The van der Waals surface area contributed by atoms with Crippen molar-refractivity contribution in [1.82, 2.24) is 4.90 Å². The van der Waals surface area contributed by atoms with Gasteiger partial charge in [0.25, 0.3) is 0 Å². The summed E-state index contributed by atoms with van der Waals surface area (Å²) in [6.07, 6.45) is 3.00. The van der Waals surface area contributed by atoms with Crippen LogP contribution in [-0.2, 0) is 0 Å². The molecule has 1 aliphatic heterocycles. The molecule has 3 N–H and O–H groups in total. The summed E-state index contributed by atoms with van der Waals surface area (Å²) in [7, 11) is 0. The van der Waals surface area contributed by atoms with Crippen molar-refractivity contribution in [3.05, 3.63) is 0 Å². The van der Waals surface area contributed by atoms with Crippen molar-refractivity contribution in [2.24, 2.45) is 22.7 Å². The van der Waals surface area contributed by atoms with E-state index in [0.29, 0.717) is 12.3 Å². The third kappa shape index (κ3) is 4.08. The fourth-order valence-electron chi connectivity index (χ4n) is 2.14. The van der Waals surface area contributed by atoms with Gasteiger partial charge in [0.1, 0.15) is 5.84 Å². The molecule has 0 amide bonds. The molecule has 1 rings (SSSR count). The van der Waals surface area contributed by atoms with E-state index in [1.54, 1.807) is 0 Å². The van der Waals surface area contributed by atoms with Gasteiger partial charge in [-0.1, -0.05) is 19.0 Å². The Kier molecular flexibility index (Phi) is 4.88. The summed E-state index contributed by atoms with van der Waals surface area (Å²) in [5.74, 6) is 1.99. The molecule has 0 aromatic rings. The maximum atomic E-state index is 8.39. The summed E-state index contributed by atoms with van der Waals surface area (Å²) in [5, 5.41) is 11.4. The van der Waals surface area contributed by atoms with Gasteiger partial charge in [-0.3, -0.25) is 0 Å². The van der Waals surface area contributed by atoms with E-state index in [9.17, 15) is 0 Å². The molecule has 1 atom stereocenters. The quantitative estimate of drug-likeness (QED) is 0.315. The van der Waals surface area contributed by atoms with Gasteiger partial charge in [0.2, 0.25) is 0 Å². The van der Waals surface area contributed by atoms with Crippen LogP contribution in [0.15, 0.2) is 5.16 Å². The second-order valence-corrected chi connectivity index (χ2v) is 4.79. The fourth-order valence-corrected chi connectivity index (χ4v) is 2.14. The van der Waals surface area contributed by atoms with E-state index in [0.717, 1.165) is 24.8 Å². The lowest BCUT2D eigenvalue weighted by atomic mass is 9.95. The average Bonchev–Trinajstić information content (AvgIpc) is 2.66. The zero-order valence-electron chi connectivity index (χ0n) is 9.82. The van der Waals surface area contributed by atoms with Crippen LogP contribution >= 0.6 is 0 Å². The zero-order valence-corrected chi connectivity index (χ0v) is 9.82. The van der Waals surface area contributed by atoms with Crippen LogP contribution in [0.2, 0.25) is 0 Å². The number of nitrogens with two attached hydrogens (primary N) is 1. The second-order valence-electron chi connectivity index (χ2n) is 4.79. The Balaban J connectivity index is 2.14. The molecule has 0 radical (unpaired) electrons. The van der Waals surface area contributed by atoms with Crippen molar-refractivity contribution < 1.29 is 5.21 Å². The minimum Gasteiger partial charge on any atom is -0.409 e. The highest BCUT2D eigenvalue weighted by atomic mass is 16.4. The van der Waals surface area contributed by atoms with Crippen molar-refractivity contribution in [3.8, 4) is 0 Å². The van der Waals surface area contributed by atoms with Crippen molar-refractivity contribution in [3.63, 3.8) is 0 Å². The molecular weight excluding hydrogens is 190 g/mol. The Morgan fingerprint density at radius 1 is 1.60 bits per heavy atom. The molecule has 15 heavy (non-hydrogen) atoms. The number of amidine groups is 1. The number of rotatable bonds is 5. The topological polar surface area (TPSA) is 61.8 Å². The minimum atomic E-state index is 0.342. The van der Waals surface area contributed by atoms with Crippen molar-refractivity contribution in [2.45, 2.75) is 33.1 Å². The van der Waals surface area contributed by atoms with E-state index >= 15 is 0 Å². The number of likely N-dealkylation sites (tertiary alicyclic amines) is 1. The molecule has 0 saturated carbocycles. The van der Waals surface area contributed by atoms with Gasteiger partial charge in [-0.25, -0.2) is 0 Å². The van der Waals surface area contributed by atoms with Crippen LogP contribution in [0.1, 0.15) is 33.1 Å². The molecular formula is C11H23N3O. The maximum Gasteiger partial charge on any atom is 0.139 e. The van der Waals surface area contributed by atoms with Gasteiger partial charge in [-0.05, 0) is 37.8 Å². The van der Waals surface area contributed by atoms with Gasteiger partial charge in [0.15, 0.2) is 0 Å². The molecule has 1 heterocycles. The maximum absolute atomic E-state index is 8.39.